The summed E-state index contributed by atoms with van der Waals surface area (Å²) >= 11 is 0. The maximum absolute atomic E-state index is 10.8. The Labute approximate surface area is 80.0 Å². The molecule has 0 atom stereocenters. The van der Waals surface area contributed by atoms with Crippen LogP contribution in [0.4, 0.5) is 0 Å². The van der Waals surface area contributed by atoms with E-state index in [1.807, 2.05) is 26.0 Å². The van der Waals surface area contributed by atoms with E-state index in [-0.39, 0.29) is 5.91 Å². The lowest BCUT2D eigenvalue weighted by atomic mass is 10.1. The first kappa shape index (κ1) is 11.7. The van der Waals surface area contributed by atoms with Crippen LogP contribution in [0.1, 0.15) is 27.2 Å². The van der Waals surface area contributed by atoms with Gasteiger partial charge in [0.15, 0.2) is 0 Å². The Morgan fingerprint density at radius 3 is 2.46 bits per heavy atom. The third-order valence-electron chi connectivity index (χ3n) is 1.56. The molecule has 0 aromatic rings. The number of hydrogen-bond donors (Lipinski definition) is 1. The lowest BCUT2D eigenvalue weighted by Crippen LogP contribution is -2.19. The van der Waals surface area contributed by atoms with Crippen molar-refractivity contribution in [1.29, 1.82) is 0 Å². The minimum atomic E-state index is -0.0282. The standard InChI is InChI=1S/C11H17NO/c1-5-7-9(3)8-11(6-2)12-10(4)13/h5-7H,1,8H2,2-4H3,(H,12,13). The molecule has 0 aliphatic carbocycles. The summed E-state index contributed by atoms with van der Waals surface area (Å²) in [5.41, 5.74) is 2.11. The molecular weight excluding hydrogens is 162 g/mol. The zero-order chi connectivity index (χ0) is 10.3. The Kier molecular flexibility index (Phi) is 5.60. The summed E-state index contributed by atoms with van der Waals surface area (Å²) in [5.74, 6) is -0.0282. The molecule has 0 aliphatic rings. The summed E-state index contributed by atoms with van der Waals surface area (Å²) in [6.45, 7) is 9.04. The molecule has 72 valence electrons. The molecule has 0 aromatic heterocycles. The molecule has 1 N–H and O–H groups in total. The van der Waals surface area contributed by atoms with E-state index in [0.717, 1.165) is 12.1 Å². The van der Waals surface area contributed by atoms with Crippen LogP contribution in [0, 0.1) is 0 Å². The number of hydrogen-bond acceptors (Lipinski definition) is 1. The maximum atomic E-state index is 10.8. The number of rotatable bonds is 4. The van der Waals surface area contributed by atoms with Crippen molar-refractivity contribution in [2.45, 2.75) is 27.2 Å². The topological polar surface area (TPSA) is 29.1 Å². The first-order chi connectivity index (χ1) is 6.10. The summed E-state index contributed by atoms with van der Waals surface area (Å²) in [4.78, 5) is 10.8. The molecule has 0 aromatic carbocycles. The zero-order valence-electron chi connectivity index (χ0n) is 8.55. The van der Waals surface area contributed by atoms with Crippen LogP contribution in [0.5, 0.6) is 0 Å². The minimum Gasteiger partial charge on any atom is -0.330 e. The molecule has 1 amide bonds. The summed E-state index contributed by atoms with van der Waals surface area (Å²) in [5, 5.41) is 2.77. The Morgan fingerprint density at radius 1 is 1.46 bits per heavy atom. The third kappa shape index (κ3) is 5.91. The maximum Gasteiger partial charge on any atom is 0.220 e. The van der Waals surface area contributed by atoms with Gasteiger partial charge in [0.1, 0.15) is 0 Å². The molecule has 0 rings (SSSR count). The van der Waals surface area contributed by atoms with Crippen LogP contribution in [0.2, 0.25) is 0 Å². The van der Waals surface area contributed by atoms with E-state index in [0.29, 0.717) is 0 Å². The predicted molar refractivity (Wildman–Crippen MR) is 56.1 cm³/mol. The van der Waals surface area contributed by atoms with Crippen molar-refractivity contribution in [2.24, 2.45) is 0 Å². The van der Waals surface area contributed by atoms with Gasteiger partial charge >= 0.3 is 0 Å². The van der Waals surface area contributed by atoms with Crippen molar-refractivity contribution in [3.8, 4) is 0 Å². The van der Waals surface area contributed by atoms with Gasteiger partial charge < -0.3 is 5.32 Å². The van der Waals surface area contributed by atoms with E-state index < -0.39 is 0 Å². The number of carbonyl (C=O) groups excluding carboxylic acids is 1. The van der Waals surface area contributed by atoms with E-state index in [2.05, 4.69) is 11.9 Å². The number of carbonyl (C=O) groups is 1. The van der Waals surface area contributed by atoms with Gasteiger partial charge in [-0.15, -0.1) is 0 Å². The lowest BCUT2D eigenvalue weighted by molar-refractivity contribution is -0.118. The molecule has 0 aliphatic heterocycles. The molecule has 0 radical (unpaired) electrons. The SMILES string of the molecule is C=CC=C(C)CC(=CC)NC(C)=O. The highest BCUT2D eigenvalue weighted by atomic mass is 16.1. The number of amides is 1. The minimum absolute atomic E-state index is 0.0282. The molecule has 2 nitrogen and oxygen atoms in total. The van der Waals surface area contributed by atoms with Gasteiger partial charge in [-0.25, -0.2) is 0 Å². The molecule has 0 heterocycles. The highest BCUT2D eigenvalue weighted by Gasteiger charge is 1.98. The molecule has 0 bridgehead atoms. The highest BCUT2D eigenvalue weighted by molar-refractivity contribution is 5.74. The van der Waals surface area contributed by atoms with Crippen LogP contribution in [-0.2, 0) is 4.79 Å². The molecule has 0 saturated carbocycles. The first-order valence-electron chi connectivity index (χ1n) is 4.31. The van der Waals surface area contributed by atoms with Crippen LogP contribution in [0.25, 0.3) is 0 Å². The normalized spacial score (nSPS) is 12.5. The van der Waals surface area contributed by atoms with Crippen molar-refractivity contribution in [3.63, 3.8) is 0 Å². The molecule has 0 unspecified atom stereocenters. The van der Waals surface area contributed by atoms with E-state index in [9.17, 15) is 4.79 Å². The predicted octanol–water partition coefficient (Wildman–Crippen LogP) is 2.55. The fourth-order valence-corrected chi connectivity index (χ4v) is 1.01. The molecule has 0 spiro atoms. The van der Waals surface area contributed by atoms with Crippen LogP contribution in [0.15, 0.2) is 36.1 Å². The van der Waals surface area contributed by atoms with E-state index in [4.69, 9.17) is 0 Å². The van der Waals surface area contributed by atoms with Gasteiger partial charge in [0.25, 0.3) is 0 Å². The van der Waals surface area contributed by atoms with Gasteiger partial charge in [0.2, 0.25) is 5.91 Å². The van der Waals surface area contributed by atoms with Gasteiger partial charge in [0.05, 0.1) is 0 Å². The van der Waals surface area contributed by atoms with Gasteiger partial charge in [-0.1, -0.05) is 30.4 Å². The second-order valence-electron chi connectivity index (χ2n) is 2.92. The number of nitrogens with one attached hydrogen (secondary N) is 1. The quantitative estimate of drug-likeness (QED) is 0.660. The van der Waals surface area contributed by atoms with Gasteiger partial charge in [-0.3, -0.25) is 4.79 Å². The Balaban J connectivity index is 4.22. The second kappa shape index (κ2) is 6.23. The zero-order valence-corrected chi connectivity index (χ0v) is 8.55. The number of allylic oxidation sites excluding steroid dienone is 4. The van der Waals surface area contributed by atoms with Gasteiger partial charge in [0, 0.05) is 19.0 Å². The largest absolute Gasteiger partial charge is 0.330 e. The monoisotopic (exact) mass is 179 g/mol. The second-order valence-corrected chi connectivity index (χ2v) is 2.92. The fraction of sp³-hybridized carbons (Fsp3) is 0.364. The fourth-order valence-electron chi connectivity index (χ4n) is 1.01. The summed E-state index contributed by atoms with van der Waals surface area (Å²) in [6, 6.07) is 0. The first-order valence-corrected chi connectivity index (χ1v) is 4.31. The summed E-state index contributed by atoms with van der Waals surface area (Å²) < 4.78 is 0. The van der Waals surface area contributed by atoms with Crippen molar-refractivity contribution < 1.29 is 4.79 Å². The van der Waals surface area contributed by atoms with Crippen LogP contribution in [-0.4, -0.2) is 5.91 Å². The van der Waals surface area contributed by atoms with Gasteiger partial charge in [-0.2, -0.15) is 0 Å². The Morgan fingerprint density at radius 2 is 2.08 bits per heavy atom. The Bertz CT molecular complexity index is 249. The van der Waals surface area contributed by atoms with Crippen LogP contribution < -0.4 is 5.32 Å². The molecule has 13 heavy (non-hydrogen) atoms. The van der Waals surface area contributed by atoms with E-state index in [1.54, 1.807) is 6.08 Å². The van der Waals surface area contributed by atoms with Crippen LogP contribution in [0.3, 0.4) is 0 Å². The van der Waals surface area contributed by atoms with Crippen molar-refractivity contribution in [2.75, 3.05) is 0 Å². The molecule has 2 heteroatoms. The summed E-state index contributed by atoms with van der Waals surface area (Å²) in [7, 11) is 0. The summed E-state index contributed by atoms with van der Waals surface area (Å²) in [6.07, 6.45) is 6.35. The molecule has 0 saturated heterocycles. The Hall–Kier alpha value is -1.31. The molecular formula is C11H17NO. The lowest BCUT2D eigenvalue weighted by Gasteiger charge is -2.07. The highest BCUT2D eigenvalue weighted by Crippen LogP contribution is 2.07. The van der Waals surface area contributed by atoms with Crippen molar-refractivity contribution in [3.05, 3.63) is 36.1 Å². The third-order valence-corrected chi connectivity index (χ3v) is 1.56. The van der Waals surface area contributed by atoms with E-state index >= 15 is 0 Å². The average molecular weight is 179 g/mol. The van der Waals surface area contributed by atoms with Crippen molar-refractivity contribution >= 4 is 5.91 Å². The van der Waals surface area contributed by atoms with Crippen molar-refractivity contribution in [1.82, 2.24) is 5.32 Å². The average Bonchev–Trinajstić information content (AvgIpc) is 2.02. The van der Waals surface area contributed by atoms with E-state index in [1.165, 1.54) is 12.5 Å². The smallest absolute Gasteiger partial charge is 0.220 e. The van der Waals surface area contributed by atoms with Gasteiger partial charge in [-0.05, 0) is 13.8 Å². The van der Waals surface area contributed by atoms with Crippen LogP contribution >= 0.6 is 0 Å². The molecule has 0 fully saturated rings.